The summed E-state index contributed by atoms with van der Waals surface area (Å²) in [7, 11) is -3.36. The molecule has 0 radical (unpaired) electrons. The predicted octanol–water partition coefficient (Wildman–Crippen LogP) is 2.95. The fourth-order valence-electron chi connectivity index (χ4n) is 4.24. The van der Waals surface area contributed by atoms with E-state index in [9.17, 15) is 13.2 Å². The Bertz CT molecular complexity index is 1050. The zero-order valence-corrected chi connectivity index (χ0v) is 20.8. The van der Waals surface area contributed by atoms with E-state index in [0.717, 1.165) is 24.0 Å². The van der Waals surface area contributed by atoms with Crippen LogP contribution in [0.2, 0.25) is 0 Å². The van der Waals surface area contributed by atoms with Gasteiger partial charge in [-0.3, -0.25) is 4.79 Å². The number of fused-ring (bicyclic) bond motifs is 1. The van der Waals surface area contributed by atoms with E-state index in [0.29, 0.717) is 38.8 Å². The SMILES string of the molecule is CC(C)(C)S(=O)(=O)NC1CCC(C(=O)NCCNCCc2ccc(N)c3ccccc23)CC1. The minimum absolute atomic E-state index is 0.0402. The molecule has 0 unspecified atom stereocenters. The van der Waals surface area contributed by atoms with Crippen LogP contribution < -0.4 is 21.1 Å². The highest BCUT2D eigenvalue weighted by molar-refractivity contribution is 7.90. The molecule has 0 bridgehead atoms. The summed E-state index contributed by atoms with van der Waals surface area (Å²) in [6.07, 6.45) is 3.70. The van der Waals surface area contributed by atoms with Gasteiger partial charge in [0, 0.05) is 36.1 Å². The Labute approximate surface area is 197 Å². The molecule has 1 aliphatic rings. The Balaban J connectivity index is 1.34. The van der Waals surface area contributed by atoms with E-state index in [1.165, 1.54) is 10.9 Å². The Morgan fingerprint density at radius 2 is 1.64 bits per heavy atom. The molecule has 1 amide bonds. The van der Waals surface area contributed by atoms with Crippen molar-refractivity contribution in [2.24, 2.45) is 5.92 Å². The molecule has 0 spiro atoms. The maximum atomic E-state index is 12.5. The van der Waals surface area contributed by atoms with Gasteiger partial charge in [0.15, 0.2) is 0 Å². The number of benzene rings is 2. The summed E-state index contributed by atoms with van der Waals surface area (Å²) in [6.45, 7) is 7.20. The molecular weight excluding hydrogens is 436 g/mol. The van der Waals surface area contributed by atoms with Crippen molar-refractivity contribution in [3.8, 4) is 0 Å². The van der Waals surface area contributed by atoms with Gasteiger partial charge in [0.2, 0.25) is 15.9 Å². The predicted molar refractivity (Wildman–Crippen MR) is 135 cm³/mol. The molecule has 33 heavy (non-hydrogen) atoms. The number of nitrogen functional groups attached to an aromatic ring is 1. The summed E-state index contributed by atoms with van der Waals surface area (Å²) < 4.78 is 26.6. The van der Waals surface area contributed by atoms with Gasteiger partial charge < -0.3 is 16.4 Å². The lowest BCUT2D eigenvalue weighted by molar-refractivity contribution is -0.125. The Hall–Kier alpha value is -2.16. The monoisotopic (exact) mass is 474 g/mol. The van der Waals surface area contributed by atoms with Crippen molar-refractivity contribution in [2.45, 2.75) is 63.7 Å². The number of hydrogen-bond acceptors (Lipinski definition) is 5. The Morgan fingerprint density at radius 1 is 0.970 bits per heavy atom. The van der Waals surface area contributed by atoms with E-state index >= 15 is 0 Å². The average molecular weight is 475 g/mol. The van der Waals surface area contributed by atoms with Gasteiger partial charge in [-0.2, -0.15) is 0 Å². The van der Waals surface area contributed by atoms with E-state index in [1.807, 2.05) is 24.3 Å². The fraction of sp³-hybridized carbons (Fsp3) is 0.560. The molecule has 0 aliphatic heterocycles. The van der Waals surface area contributed by atoms with Crippen LogP contribution in [0.3, 0.4) is 0 Å². The third-order valence-corrected chi connectivity index (χ3v) is 8.70. The summed E-state index contributed by atoms with van der Waals surface area (Å²) in [5, 5.41) is 8.69. The molecule has 0 aromatic heterocycles. The van der Waals surface area contributed by atoms with Crippen molar-refractivity contribution in [1.82, 2.24) is 15.4 Å². The van der Waals surface area contributed by atoms with Gasteiger partial charge in [0.1, 0.15) is 0 Å². The first-order chi connectivity index (χ1) is 15.6. The summed E-state index contributed by atoms with van der Waals surface area (Å²) >= 11 is 0. The first-order valence-corrected chi connectivity index (χ1v) is 13.3. The van der Waals surface area contributed by atoms with Gasteiger partial charge in [-0.1, -0.05) is 30.3 Å². The van der Waals surface area contributed by atoms with E-state index in [4.69, 9.17) is 5.73 Å². The van der Waals surface area contributed by atoms with Gasteiger partial charge in [-0.05, 0) is 76.4 Å². The van der Waals surface area contributed by atoms with Crippen LogP contribution in [0.25, 0.3) is 10.8 Å². The summed E-state index contributed by atoms with van der Waals surface area (Å²) in [6, 6.07) is 12.1. The average Bonchev–Trinajstić information content (AvgIpc) is 2.77. The summed E-state index contributed by atoms with van der Waals surface area (Å²) in [5.41, 5.74) is 8.13. The van der Waals surface area contributed by atoms with Gasteiger partial charge in [0.05, 0.1) is 4.75 Å². The van der Waals surface area contributed by atoms with Crippen molar-refractivity contribution in [3.05, 3.63) is 42.0 Å². The molecule has 0 heterocycles. The van der Waals surface area contributed by atoms with Crippen LogP contribution in [0, 0.1) is 5.92 Å². The van der Waals surface area contributed by atoms with Crippen LogP contribution in [0.4, 0.5) is 5.69 Å². The molecule has 182 valence electrons. The number of rotatable bonds is 9. The second kappa shape index (κ2) is 10.8. The molecule has 1 fully saturated rings. The topological polar surface area (TPSA) is 113 Å². The second-order valence-corrected chi connectivity index (χ2v) is 12.4. The molecule has 7 nitrogen and oxygen atoms in total. The molecule has 2 aromatic carbocycles. The van der Waals surface area contributed by atoms with Crippen LogP contribution in [-0.4, -0.2) is 44.7 Å². The van der Waals surface area contributed by atoms with Crippen molar-refractivity contribution in [2.75, 3.05) is 25.4 Å². The largest absolute Gasteiger partial charge is 0.398 e. The molecule has 1 saturated carbocycles. The number of nitrogens with one attached hydrogen (secondary N) is 3. The Morgan fingerprint density at radius 3 is 2.30 bits per heavy atom. The lowest BCUT2D eigenvalue weighted by Gasteiger charge is -2.30. The quantitative estimate of drug-likeness (QED) is 0.330. The van der Waals surface area contributed by atoms with Crippen molar-refractivity contribution in [3.63, 3.8) is 0 Å². The first kappa shape index (κ1) is 25.5. The highest BCUT2D eigenvalue weighted by Gasteiger charge is 2.33. The van der Waals surface area contributed by atoms with E-state index in [2.05, 4.69) is 27.5 Å². The fourth-order valence-corrected chi connectivity index (χ4v) is 5.27. The summed E-state index contributed by atoms with van der Waals surface area (Å²) in [4.78, 5) is 12.5. The lowest BCUT2D eigenvalue weighted by Crippen LogP contribution is -2.47. The highest BCUT2D eigenvalue weighted by Crippen LogP contribution is 2.27. The van der Waals surface area contributed by atoms with Crippen LogP contribution >= 0.6 is 0 Å². The standard InChI is InChI=1S/C25H38N4O3S/c1-25(2,3)33(31,32)29-20-11-8-19(9-12-20)24(30)28-17-16-27-15-14-18-10-13-23(26)22-7-5-4-6-21(18)22/h4-7,10,13,19-20,27,29H,8-9,11-12,14-17,26H2,1-3H3,(H,28,30). The molecule has 1 aliphatic carbocycles. The van der Waals surface area contributed by atoms with Crippen LogP contribution in [0.1, 0.15) is 52.0 Å². The van der Waals surface area contributed by atoms with Gasteiger partial charge in [-0.25, -0.2) is 13.1 Å². The van der Waals surface area contributed by atoms with E-state index < -0.39 is 14.8 Å². The minimum atomic E-state index is -3.36. The van der Waals surface area contributed by atoms with Gasteiger partial charge >= 0.3 is 0 Å². The molecular formula is C25H38N4O3S. The van der Waals surface area contributed by atoms with E-state index in [-0.39, 0.29) is 17.9 Å². The zero-order chi connectivity index (χ0) is 24.1. The molecule has 0 atom stereocenters. The van der Waals surface area contributed by atoms with Crippen LogP contribution in [0.5, 0.6) is 0 Å². The van der Waals surface area contributed by atoms with Crippen LogP contribution in [0.15, 0.2) is 36.4 Å². The molecule has 3 rings (SSSR count). The van der Waals surface area contributed by atoms with Crippen molar-refractivity contribution in [1.29, 1.82) is 0 Å². The van der Waals surface area contributed by atoms with E-state index in [1.54, 1.807) is 20.8 Å². The maximum absolute atomic E-state index is 12.5. The molecule has 5 N–H and O–H groups in total. The number of amides is 1. The number of carbonyl (C=O) groups excluding carboxylic acids is 1. The lowest BCUT2D eigenvalue weighted by atomic mass is 9.86. The number of hydrogen-bond donors (Lipinski definition) is 4. The number of carbonyl (C=O) groups is 1. The van der Waals surface area contributed by atoms with Crippen molar-refractivity contribution < 1.29 is 13.2 Å². The summed E-state index contributed by atoms with van der Waals surface area (Å²) in [5.74, 6) is 0.0278. The minimum Gasteiger partial charge on any atom is -0.398 e. The normalized spacial score (nSPS) is 19.5. The second-order valence-electron chi connectivity index (χ2n) is 9.93. The smallest absolute Gasteiger partial charge is 0.223 e. The van der Waals surface area contributed by atoms with Crippen LogP contribution in [-0.2, 0) is 21.2 Å². The number of anilines is 1. The molecule has 2 aromatic rings. The highest BCUT2D eigenvalue weighted by atomic mass is 32.2. The number of sulfonamides is 1. The number of nitrogens with two attached hydrogens (primary N) is 1. The van der Waals surface area contributed by atoms with Gasteiger partial charge in [0.25, 0.3) is 0 Å². The van der Waals surface area contributed by atoms with Crippen molar-refractivity contribution >= 4 is 32.4 Å². The molecule has 0 saturated heterocycles. The third-order valence-electron chi connectivity index (χ3n) is 6.45. The first-order valence-electron chi connectivity index (χ1n) is 11.8. The molecule has 8 heteroatoms. The third kappa shape index (κ3) is 6.68. The zero-order valence-electron chi connectivity index (χ0n) is 20.0. The Kier molecular flexibility index (Phi) is 8.37. The van der Waals surface area contributed by atoms with Gasteiger partial charge in [-0.15, -0.1) is 0 Å². The maximum Gasteiger partial charge on any atom is 0.223 e.